The predicted octanol–water partition coefficient (Wildman–Crippen LogP) is 0.719. The van der Waals surface area contributed by atoms with Gasteiger partial charge in [-0.2, -0.15) is 0 Å². The number of hydrogen-bond acceptors (Lipinski definition) is 4. The molecular formula is C11H26N2O3S. The van der Waals surface area contributed by atoms with Crippen LogP contribution in [0.4, 0.5) is 0 Å². The van der Waals surface area contributed by atoms with E-state index in [0.717, 1.165) is 13.0 Å². The molecule has 0 heterocycles. The van der Waals surface area contributed by atoms with Crippen LogP contribution in [0.1, 0.15) is 34.1 Å². The van der Waals surface area contributed by atoms with Crippen molar-refractivity contribution < 1.29 is 13.2 Å². The number of nitrogens with one attached hydrogen (secondary N) is 2. The Bertz CT molecular complexity index is 280. The van der Waals surface area contributed by atoms with E-state index in [9.17, 15) is 8.42 Å². The molecule has 0 amide bonds. The molecule has 2 N–H and O–H groups in total. The largest absolute Gasteiger partial charge is 0.377 e. The van der Waals surface area contributed by atoms with Crippen molar-refractivity contribution in [1.82, 2.24) is 10.0 Å². The van der Waals surface area contributed by atoms with Gasteiger partial charge in [0.25, 0.3) is 0 Å². The molecule has 0 bridgehead atoms. The third-order valence-electron chi connectivity index (χ3n) is 2.41. The van der Waals surface area contributed by atoms with Crippen LogP contribution in [0.15, 0.2) is 0 Å². The highest BCUT2D eigenvalue weighted by molar-refractivity contribution is 7.90. The average Bonchev–Trinajstić information content (AvgIpc) is 2.27. The summed E-state index contributed by atoms with van der Waals surface area (Å²) in [5, 5.41) is 2.68. The molecule has 104 valence electrons. The quantitative estimate of drug-likeness (QED) is 0.572. The van der Waals surface area contributed by atoms with Crippen LogP contribution < -0.4 is 10.0 Å². The molecule has 2 atom stereocenters. The zero-order chi connectivity index (χ0) is 13.3. The Balaban J connectivity index is 4.00. The summed E-state index contributed by atoms with van der Waals surface area (Å²) in [4.78, 5) is 0. The topological polar surface area (TPSA) is 67.4 Å². The maximum atomic E-state index is 11.8. The van der Waals surface area contributed by atoms with E-state index in [-0.39, 0.29) is 6.10 Å². The molecule has 0 rings (SSSR count). The normalized spacial score (nSPS) is 15.8. The molecule has 0 aliphatic carbocycles. The first kappa shape index (κ1) is 16.8. The monoisotopic (exact) mass is 266 g/mol. The van der Waals surface area contributed by atoms with Gasteiger partial charge in [-0.1, -0.05) is 6.92 Å². The molecule has 0 fully saturated rings. The zero-order valence-corrected chi connectivity index (χ0v) is 12.1. The van der Waals surface area contributed by atoms with Crippen LogP contribution in [-0.4, -0.2) is 46.0 Å². The lowest BCUT2D eigenvalue weighted by Gasteiger charge is -2.17. The summed E-state index contributed by atoms with van der Waals surface area (Å²) in [7, 11) is -3.25. The Labute approximate surface area is 105 Å². The predicted molar refractivity (Wildman–Crippen MR) is 70.6 cm³/mol. The van der Waals surface area contributed by atoms with Gasteiger partial charge in [-0.15, -0.1) is 0 Å². The minimum atomic E-state index is -3.25. The summed E-state index contributed by atoms with van der Waals surface area (Å²) in [6.07, 6.45) is 0.909. The molecule has 0 aromatic rings. The molecule has 0 aliphatic rings. The van der Waals surface area contributed by atoms with Crippen LogP contribution in [0.5, 0.6) is 0 Å². The van der Waals surface area contributed by atoms with E-state index < -0.39 is 15.3 Å². The van der Waals surface area contributed by atoms with Gasteiger partial charge >= 0.3 is 0 Å². The van der Waals surface area contributed by atoms with Crippen LogP contribution in [0.2, 0.25) is 0 Å². The fourth-order valence-electron chi connectivity index (χ4n) is 1.31. The summed E-state index contributed by atoms with van der Waals surface area (Å²) in [6, 6.07) is 0. The van der Waals surface area contributed by atoms with Gasteiger partial charge in [-0.05, 0) is 33.7 Å². The Hall–Kier alpha value is -0.170. The van der Waals surface area contributed by atoms with Crippen LogP contribution in [0.3, 0.4) is 0 Å². The van der Waals surface area contributed by atoms with Gasteiger partial charge in [-0.3, -0.25) is 0 Å². The van der Waals surface area contributed by atoms with Gasteiger partial charge in [-0.25, -0.2) is 13.1 Å². The maximum absolute atomic E-state index is 11.8. The summed E-state index contributed by atoms with van der Waals surface area (Å²) in [6.45, 7) is 9.74. The van der Waals surface area contributed by atoms with Crippen molar-refractivity contribution in [3.8, 4) is 0 Å². The standard InChI is InChI=1S/C11H26N2O3S/c1-5-7-12-9-11(4)17(14,15)13-8-10(3)16-6-2/h10-13H,5-9H2,1-4H3. The lowest BCUT2D eigenvalue weighted by atomic mass is 10.4. The fourth-order valence-corrected chi connectivity index (χ4v) is 2.40. The van der Waals surface area contributed by atoms with E-state index in [1.54, 1.807) is 6.92 Å². The minimum absolute atomic E-state index is 0.0921. The van der Waals surface area contributed by atoms with Crippen molar-refractivity contribution in [3.05, 3.63) is 0 Å². The lowest BCUT2D eigenvalue weighted by molar-refractivity contribution is 0.0799. The van der Waals surface area contributed by atoms with Crippen molar-refractivity contribution in [2.75, 3.05) is 26.2 Å². The maximum Gasteiger partial charge on any atom is 0.215 e. The number of ether oxygens (including phenoxy) is 1. The SMILES string of the molecule is CCCNCC(C)S(=O)(=O)NCC(C)OCC. The first-order valence-electron chi connectivity index (χ1n) is 6.24. The molecule has 17 heavy (non-hydrogen) atoms. The van der Waals surface area contributed by atoms with Gasteiger partial charge in [0, 0.05) is 19.7 Å². The van der Waals surface area contributed by atoms with Crippen LogP contribution >= 0.6 is 0 Å². The second-order valence-electron chi connectivity index (χ2n) is 4.17. The van der Waals surface area contributed by atoms with Crippen molar-refractivity contribution in [2.45, 2.75) is 45.5 Å². The Morgan fingerprint density at radius 1 is 1.18 bits per heavy atom. The second-order valence-corrected chi connectivity index (χ2v) is 6.36. The van der Waals surface area contributed by atoms with Gasteiger partial charge < -0.3 is 10.1 Å². The van der Waals surface area contributed by atoms with E-state index in [1.807, 2.05) is 20.8 Å². The van der Waals surface area contributed by atoms with E-state index in [4.69, 9.17) is 4.74 Å². The van der Waals surface area contributed by atoms with Crippen LogP contribution in [0.25, 0.3) is 0 Å². The van der Waals surface area contributed by atoms with Gasteiger partial charge in [0.05, 0.1) is 11.4 Å². The summed E-state index contributed by atoms with van der Waals surface area (Å²) < 4.78 is 31.5. The highest BCUT2D eigenvalue weighted by Gasteiger charge is 2.20. The van der Waals surface area contributed by atoms with E-state index >= 15 is 0 Å². The highest BCUT2D eigenvalue weighted by Crippen LogP contribution is 1.98. The zero-order valence-electron chi connectivity index (χ0n) is 11.3. The third-order valence-corrected chi connectivity index (χ3v) is 4.21. The smallest absolute Gasteiger partial charge is 0.215 e. The Kier molecular flexibility index (Phi) is 8.77. The molecule has 2 unspecified atom stereocenters. The van der Waals surface area contributed by atoms with Crippen molar-refractivity contribution in [1.29, 1.82) is 0 Å². The van der Waals surface area contributed by atoms with Gasteiger partial charge in [0.1, 0.15) is 0 Å². The minimum Gasteiger partial charge on any atom is -0.377 e. The fraction of sp³-hybridized carbons (Fsp3) is 1.00. The first-order chi connectivity index (χ1) is 7.94. The van der Waals surface area contributed by atoms with E-state index in [1.165, 1.54) is 0 Å². The van der Waals surface area contributed by atoms with E-state index in [2.05, 4.69) is 10.0 Å². The van der Waals surface area contributed by atoms with Gasteiger partial charge in [0.15, 0.2) is 0 Å². The second kappa shape index (κ2) is 8.85. The molecule has 6 heteroatoms. The molecule has 0 saturated heterocycles. The molecule has 0 aromatic carbocycles. The summed E-state index contributed by atoms with van der Waals surface area (Å²) in [5.74, 6) is 0. The molecule has 0 spiro atoms. The molecular weight excluding hydrogens is 240 g/mol. The molecule has 5 nitrogen and oxygen atoms in total. The van der Waals surface area contributed by atoms with Crippen LogP contribution in [0, 0.1) is 0 Å². The van der Waals surface area contributed by atoms with Crippen molar-refractivity contribution >= 4 is 10.0 Å². The lowest BCUT2D eigenvalue weighted by Crippen LogP contribution is -2.41. The van der Waals surface area contributed by atoms with E-state index in [0.29, 0.717) is 19.7 Å². The Morgan fingerprint density at radius 2 is 1.82 bits per heavy atom. The summed E-state index contributed by atoms with van der Waals surface area (Å²) in [5.41, 5.74) is 0. The molecule has 0 saturated carbocycles. The molecule has 0 aromatic heterocycles. The average molecular weight is 266 g/mol. The molecule has 0 aliphatic heterocycles. The molecule has 0 radical (unpaired) electrons. The van der Waals surface area contributed by atoms with Crippen molar-refractivity contribution in [3.63, 3.8) is 0 Å². The number of sulfonamides is 1. The number of hydrogen-bond donors (Lipinski definition) is 2. The van der Waals surface area contributed by atoms with Gasteiger partial charge in [0.2, 0.25) is 10.0 Å². The highest BCUT2D eigenvalue weighted by atomic mass is 32.2. The number of rotatable bonds is 10. The third kappa shape index (κ3) is 7.70. The van der Waals surface area contributed by atoms with Crippen molar-refractivity contribution in [2.24, 2.45) is 0 Å². The first-order valence-corrected chi connectivity index (χ1v) is 7.79. The summed E-state index contributed by atoms with van der Waals surface area (Å²) >= 11 is 0. The Morgan fingerprint density at radius 3 is 2.35 bits per heavy atom. The van der Waals surface area contributed by atoms with Crippen LogP contribution in [-0.2, 0) is 14.8 Å².